The van der Waals surface area contributed by atoms with Gasteiger partial charge in [-0.3, -0.25) is 19.2 Å². The van der Waals surface area contributed by atoms with E-state index in [1.165, 1.54) is 4.90 Å². The van der Waals surface area contributed by atoms with Crippen molar-refractivity contribution >= 4 is 29.7 Å². The van der Waals surface area contributed by atoms with Crippen LogP contribution in [0.25, 0.3) is 0 Å². The average Bonchev–Trinajstić information content (AvgIpc) is 3.41. The molecular weight excluding hydrogens is 504 g/mol. The first-order valence-corrected chi connectivity index (χ1v) is 12.8. The summed E-state index contributed by atoms with van der Waals surface area (Å²) in [7, 11) is 0. The van der Waals surface area contributed by atoms with Gasteiger partial charge in [0.1, 0.15) is 18.1 Å². The molecule has 3 rings (SSSR count). The molecule has 208 valence electrons. The Hall–Kier alpha value is -4.25. The molecule has 1 aliphatic heterocycles. The third-order valence-electron chi connectivity index (χ3n) is 6.63. The maximum atomic E-state index is 13.4. The minimum Gasteiger partial charge on any atom is -0.481 e. The fraction of sp³-hybridized carbons (Fsp3) is 0.393. The van der Waals surface area contributed by atoms with Crippen molar-refractivity contribution in [3.05, 3.63) is 71.8 Å². The highest BCUT2D eigenvalue weighted by atomic mass is 16.4. The summed E-state index contributed by atoms with van der Waals surface area (Å²) in [4.78, 5) is 63.6. The molecule has 2 aromatic rings. The van der Waals surface area contributed by atoms with Crippen LogP contribution in [0.4, 0.5) is 0 Å². The van der Waals surface area contributed by atoms with Gasteiger partial charge in [0, 0.05) is 19.4 Å². The number of hydrogen-bond donors (Lipinski definition) is 5. The maximum Gasteiger partial charge on any atom is 0.326 e. The molecule has 0 bridgehead atoms. The van der Waals surface area contributed by atoms with Crippen molar-refractivity contribution in [1.29, 1.82) is 0 Å². The van der Waals surface area contributed by atoms with Crippen LogP contribution in [-0.4, -0.2) is 75.5 Å². The molecule has 6 N–H and O–H groups in total. The summed E-state index contributed by atoms with van der Waals surface area (Å²) >= 11 is 0. The molecule has 4 unspecified atom stereocenters. The van der Waals surface area contributed by atoms with Crippen molar-refractivity contribution in [2.24, 2.45) is 5.73 Å². The lowest BCUT2D eigenvalue weighted by Gasteiger charge is -2.29. The lowest BCUT2D eigenvalue weighted by Crippen LogP contribution is -2.57. The number of likely N-dealkylation sites (tertiary alicyclic amines) is 1. The number of rotatable bonds is 13. The summed E-state index contributed by atoms with van der Waals surface area (Å²) in [6.45, 7) is 0.352. The van der Waals surface area contributed by atoms with Crippen LogP contribution in [0.2, 0.25) is 0 Å². The number of nitrogens with zero attached hydrogens (tertiary/aromatic N) is 1. The minimum atomic E-state index is -1.44. The van der Waals surface area contributed by atoms with Crippen LogP contribution in [0.1, 0.15) is 36.8 Å². The molecular formula is C28H34N4O7. The van der Waals surface area contributed by atoms with E-state index >= 15 is 0 Å². The van der Waals surface area contributed by atoms with Crippen LogP contribution in [0.15, 0.2) is 60.7 Å². The summed E-state index contributed by atoms with van der Waals surface area (Å²) in [6, 6.07) is 13.9. The van der Waals surface area contributed by atoms with Gasteiger partial charge in [0.05, 0.1) is 6.04 Å². The SMILES string of the molecule is NC(Cc1ccccc1)C(=O)N1CCCC1C(=O)NC(Cc1ccccc1)C(=O)NC(CCC(=O)O)C(=O)O. The van der Waals surface area contributed by atoms with Crippen molar-refractivity contribution < 1.29 is 34.2 Å². The summed E-state index contributed by atoms with van der Waals surface area (Å²) < 4.78 is 0. The molecule has 1 heterocycles. The zero-order valence-electron chi connectivity index (χ0n) is 21.5. The van der Waals surface area contributed by atoms with Gasteiger partial charge >= 0.3 is 11.9 Å². The largest absolute Gasteiger partial charge is 0.481 e. The van der Waals surface area contributed by atoms with E-state index < -0.39 is 54.3 Å². The predicted octanol–water partition coefficient (Wildman–Crippen LogP) is 0.709. The zero-order chi connectivity index (χ0) is 28.4. The van der Waals surface area contributed by atoms with Crippen LogP contribution < -0.4 is 16.4 Å². The predicted molar refractivity (Wildman–Crippen MR) is 141 cm³/mol. The number of carboxylic acid groups (broad SMARTS) is 2. The first-order chi connectivity index (χ1) is 18.7. The molecule has 1 saturated heterocycles. The topological polar surface area (TPSA) is 179 Å². The number of carboxylic acids is 2. The number of carbonyl (C=O) groups is 5. The van der Waals surface area contributed by atoms with E-state index in [0.29, 0.717) is 25.8 Å². The Bertz CT molecular complexity index is 1160. The van der Waals surface area contributed by atoms with Gasteiger partial charge in [-0.25, -0.2) is 4.79 Å². The smallest absolute Gasteiger partial charge is 0.326 e. The molecule has 4 atom stereocenters. The van der Waals surface area contributed by atoms with Crippen LogP contribution in [0.3, 0.4) is 0 Å². The van der Waals surface area contributed by atoms with Gasteiger partial charge in [0.15, 0.2) is 0 Å². The van der Waals surface area contributed by atoms with Gasteiger partial charge in [-0.1, -0.05) is 60.7 Å². The Morgan fingerprint density at radius 3 is 2.03 bits per heavy atom. The quantitative estimate of drug-likeness (QED) is 0.247. The number of carbonyl (C=O) groups excluding carboxylic acids is 3. The molecule has 11 heteroatoms. The monoisotopic (exact) mass is 538 g/mol. The Morgan fingerprint density at radius 1 is 0.872 bits per heavy atom. The molecule has 11 nitrogen and oxygen atoms in total. The van der Waals surface area contributed by atoms with Crippen molar-refractivity contribution in [2.45, 2.75) is 62.7 Å². The highest BCUT2D eigenvalue weighted by molar-refractivity contribution is 5.94. The van der Waals surface area contributed by atoms with Crippen molar-refractivity contribution in [1.82, 2.24) is 15.5 Å². The van der Waals surface area contributed by atoms with Gasteiger partial charge in [-0.15, -0.1) is 0 Å². The average molecular weight is 539 g/mol. The summed E-state index contributed by atoms with van der Waals surface area (Å²) in [5.74, 6) is -4.24. The molecule has 0 aromatic heterocycles. The second-order valence-electron chi connectivity index (χ2n) is 9.57. The first kappa shape index (κ1) is 29.3. The Balaban J connectivity index is 1.72. The van der Waals surface area contributed by atoms with Gasteiger partial charge in [-0.05, 0) is 36.8 Å². The summed E-state index contributed by atoms with van der Waals surface area (Å²) in [6.07, 6.45) is 0.607. The van der Waals surface area contributed by atoms with Crippen molar-refractivity contribution in [2.75, 3.05) is 6.54 Å². The first-order valence-electron chi connectivity index (χ1n) is 12.8. The minimum absolute atomic E-state index is 0.0673. The molecule has 2 aromatic carbocycles. The molecule has 39 heavy (non-hydrogen) atoms. The molecule has 0 spiro atoms. The van der Waals surface area contributed by atoms with Gasteiger partial charge < -0.3 is 31.5 Å². The number of amides is 3. The van der Waals surface area contributed by atoms with Gasteiger partial charge in [-0.2, -0.15) is 0 Å². The van der Waals surface area contributed by atoms with E-state index in [9.17, 15) is 29.1 Å². The van der Waals surface area contributed by atoms with E-state index in [1.54, 1.807) is 30.3 Å². The van der Waals surface area contributed by atoms with E-state index in [4.69, 9.17) is 10.8 Å². The molecule has 1 fully saturated rings. The lowest BCUT2D eigenvalue weighted by molar-refractivity contribution is -0.144. The number of nitrogens with two attached hydrogens (primary N) is 1. The fourth-order valence-corrected chi connectivity index (χ4v) is 4.60. The zero-order valence-corrected chi connectivity index (χ0v) is 21.5. The Kier molecular flexibility index (Phi) is 10.6. The lowest BCUT2D eigenvalue weighted by atomic mass is 10.0. The number of benzene rings is 2. The highest BCUT2D eigenvalue weighted by Crippen LogP contribution is 2.20. The number of hydrogen-bond acceptors (Lipinski definition) is 6. The Morgan fingerprint density at radius 2 is 1.46 bits per heavy atom. The van der Waals surface area contributed by atoms with E-state index in [2.05, 4.69) is 10.6 Å². The van der Waals surface area contributed by atoms with E-state index in [0.717, 1.165) is 11.1 Å². The van der Waals surface area contributed by atoms with Crippen LogP contribution >= 0.6 is 0 Å². The van der Waals surface area contributed by atoms with Crippen molar-refractivity contribution in [3.63, 3.8) is 0 Å². The third-order valence-corrected chi connectivity index (χ3v) is 6.63. The van der Waals surface area contributed by atoms with Gasteiger partial charge in [0.25, 0.3) is 0 Å². The summed E-state index contributed by atoms with van der Waals surface area (Å²) in [5.41, 5.74) is 7.81. The second kappa shape index (κ2) is 14.1. The van der Waals surface area contributed by atoms with E-state index in [-0.39, 0.29) is 18.7 Å². The van der Waals surface area contributed by atoms with E-state index in [1.807, 2.05) is 30.3 Å². The van der Waals surface area contributed by atoms with Crippen LogP contribution in [-0.2, 0) is 36.8 Å². The van der Waals surface area contributed by atoms with Gasteiger partial charge in [0.2, 0.25) is 17.7 Å². The third kappa shape index (κ3) is 8.64. The molecule has 0 aliphatic carbocycles. The molecule has 3 amide bonds. The molecule has 0 radical (unpaired) electrons. The standard InChI is InChI=1S/C28H34N4O7/c29-20(16-18-8-3-1-4-9-18)27(37)32-15-7-12-23(32)26(36)31-22(17-19-10-5-2-6-11-19)25(35)30-21(28(38)39)13-14-24(33)34/h1-6,8-11,20-23H,7,12-17,29H2,(H,30,35)(H,31,36)(H,33,34)(H,38,39). The molecule has 1 aliphatic rings. The van der Waals surface area contributed by atoms with Crippen molar-refractivity contribution in [3.8, 4) is 0 Å². The highest BCUT2D eigenvalue weighted by Gasteiger charge is 2.38. The maximum absolute atomic E-state index is 13.4. The number of aliphatic carboxylic acids is 2. The Labute approximate surface area is 226 Å². The van der Waals surface area contributed by atoms with Crippen LogP contribution in [0.5, 0.6) is 0 Å². The second-order valence-corrected chi connectivity index (χ2v) is 9.57. The normalized spacial score (nSPS) is 17.1. The fourth-order valence-electron chi connectivity index (χ4n) is 4.60. The van der Waals surface area contributed by atoms with Crippen LogP contribution in [0, 0.1) is 0 Å². The summed E-state index contributed by atoms with van der Waals surface area (Å²) in [5, 5.41) is 23.4. The number of nitrogens with one attached hydrogen (secondary N) is 2. The molecule has 0 saturated carbocycles.